The first-order valence-corrected chi connectivity index (χ1v) is 16.3. The van der Waals surface area contributed by atoms with Crippen LogP contribution in [-0.2, 0) is 0 Å². The Morgan fingerprint density at radius 2 is 0.815 bits per heavy atom. The van der Waals surface area contributed by atoms with Gasteiger partial charge in [-0.2, -0.15) is 0 Å². The van der Waals surface area contributed by atoms with Gasteiger partial charge in [0.1, 0.15) is 0 Å². The lowest BCUT2D eigenvalue weighted by atomic mass is 10.4. The smallest absolute Gasteiger partial charge is 0.160 e. The average Bonchev–Trinajstić information content (AvgIpc) is 3.46. The molecule has 0 N–H and O–H groups in total. The highest BCUT2D eigenvalue weighted by atomic mass is 33.1. The van der Waals surface area contributed by atoms with Crippen molar-refractivity contribution in [3.63, 3.8) is 0 Å². The molecule has 0 saturated carbocycles. The second-order valence-electron chi connectivity index (χ2n) is 4.53. The zero-order valence-corrected chi connectivity index (χ0v) is 20.6. The highest BCUT2D eigenvalue weighted by Gasteiger charge is 2.09. The van der Waals surface area contributed by atoms with Crippen LogP contribution in [0.25, 0.3) is 0 Å². The molecule has 3 heterocycles. The number of thiazole rings is 3. The molecule has 0 atom stereocenters. The van der Waals surface area contributed by atoms with Gasteiger partial charge in [-0.15, -0.1) is 34.0 Å². The van der Waals surface area contributed by atoms with Crippen molar-refractivity contribution in [3.8, 4) is 0 Å². The fraction of sp³-hybridized carbons (Fsp3) is 0. The van der Waals surface area contributed by atoms with E-state index < -0.39 is 0 Å². The third-order valence-corrected chi connectivity index (χ3v) is 13.2. The first-order chi connectivity index (χ1) is 13.3. The highest BCUT2D eigenvalue weighted by molar-refractivity contribution is 8.78. The van der Waals surface area contributed by atoms with Crippen LogP contribution in [0, 0.1) is 0 Å². The van der Waals surface area contributed by atoms with Gasteiger partial charge >= 0.3 is 0 Å². The zero-order valence-electron chi connectivity index (χ0n) is 13.2. The number of rotatable bonds is 9. The molecule has 4 rings (SSSR count). The standard InChI is InChI=1S/C15H9N3S9/c1-4-19-13(16-1)25-22-10-7-11(23-26-14-17-2-5-20-14)9-12(8-10)24-27-15-18-3-6-21-15/h1-9H. The molecule has 0 saturated heterocycles. The molecule has 138 valence electrons. The van der Waals surface area contributed by atoms with Gasteiger partial charge in [-0.25, -0.2) is 15.0 Å². The summed E-state index contributed by atoms with van der Waals surface area (Å²) in [5.74, 6) is 0. The lowest BCUT2D eigenvalue weighted by Gasteiger charge is -2.07. The maximum atomic E-state index is 4.34. The summed E-state index contributed by atoms with van der Waals surface area (Å²) >= 11 is 5.00. The molecule has 0 amide bonds. The predicted octanol–water partition coefficient (Wildman–Crippen LogP) is 8.45. The quantitative estimate of drug-likeness (QED) is 0.202. The molecular weight excluding hydrogens is 511 g/mol. The lowest BCUT2D eigenvalue weighted by Crippen LogP contribution is -1.77. The molecule has 0 radical (unpaired) electrons. The molecule has 1 aromatic carbocycles. The largest absolute Gasteiger partial charge is 0.237 e. The van der Waals surface area contributed by atoms with Crippen LogP contribution in [0.1, 0.15) is 0 Å². The topological polar surface area (TPSA) is 38.7 Å². The minimum Gasteiger partial charge on any atom is -0.237 e. The summed E-state index contributed by atoms with van der Waals surface area (Å²) in [6, 6.07) is 6.69. The Morgan fingerprint density at radius 3 is 1.07 bits per heavy atom. The Bertz CT molecular complexity index is 803. The van der Waals surface area contributed by atoms with E-state index >= 15 is 0 Å². The Kier molecular flexibility index (Phi) is 8.22. The minimum absolute atomic E-state index is 1.07. The third kappa shape index (κ3) is 6.61. The van der Waals surface area contributed by atoms with Gasteiger partial charge in [0, 0.05) is 49.4 Å². The lowest BCUT2D eigenvalue weighted by molar-refractivity contribution is 1.24. The van der Waals surface area contributed by atoms with E-state index in [9.17, 15) is 0 Å². The van der Waals surface area contributed by atoms with Crippen molar-refractivity contribution >= 4 is 98.8 Å². The van der Waals surface area contributed by atoms with Crippen LogP contribution in [0.5, 0.6) is 0 Å². The van der Waals surface area contributed by atoms with Gasteiger partial charge in [0.05, 0.1) is 0 Å². The molecule has 27 heavy (non-hydrogen) atoms. The van der Waals surface area contributed by atoms with E-state index in [2.05, 4.69) is 33.2 Å². The highest BCUT2D eigenvalue weighted by Crippen LogP contribution is 2.46. The van der Waals surface area contributed by atoms with Crippen molar-refractivity contribution in [2.45, 2.75) is 27.7 Å². The van der Waals surface area contributed by atoms with Crippen molar-refractivity contribution in [3.05, 3.63) is 52.9 Å². The Balaban J connectivity index is 1.47. The SMILES string of the molecule is c1csc(SSc2cc(SSc3nccs3)cc(SSc3nccs3)c2)n1. The molecule has 3 aromatic heterocycles. The average molecular weight is 520 g/mol. The van der Waals surface area contributed by atoms with Crippen LogP contribution in [0.3, 0.4) is 0 Å². The van der Waals surface area contributed by atoms with Crippen molar-refractivity contribution in [1.29, 1.82) is 0 Å². The normalized spacial score (nSPS) is 11.1. The number of benzene rings is 1. The predicted molar refractivity (Wildman–Crippen MR) is 128 cm³/mol. The van der Waals surface area contributed by atoms with Gasteiger partial charge in [-0.1, -0.05) is 32.4 Å². The Hall–Kier alpha value is 0.210. The summed E-state index contributed by atoms with van der Waals surface area (Å²) in [5, 5.41) is 6.02. The minimum atomic E-state index is 1.07. The summed E-state index contributed by atoms with van der Waals surface area (Å²) in [6.45, 7) is 0. The molecule has 0 spiro atoms. The van der Waals surface area contributed by atoms with Crippen LogP contribution in [0.4, 0.5) is 0 Å². The van der Waals surface area contributed by atoms with Gasteiger partial charge in [0.25, 0.3) is 0 Å². The van der Waals surface area contributed by atoms with E-state index in [4.69, 9.17) is 0 Å². The number of aromatic nitrogens is 3. The summed E-state index contributed by atoms with van der Waals surface area (Å²) in [7, 11) is 10.3. The molecule has 0 aliphatic carbocycles. The summed E-state index contributed by atoms with van der Waals surface area (Å²) in [5.41, 5.74) is 0. The molecule has 4 aromatic rings. The first kappa shape index (κ1) is 20.5. The summed E-state index contributed by atoms with van der Waals surface area (Å²) in [6.07, 6.45) is 5.53. The Morgan fingerprint density at radius 1 is 0.481 bits per heavy atom. The van der Waals surface area contributed by atoms with Gasteiger partial charge in [0.2, 0.25) is 0 Å². The van der Waals surface area contributed by atoms with E-state index in [-0.39, 0.29) is 0 Å². The van der Waals surface area contributed by atoms with Crippen molar-refractivity contribution in [1.82, 2.24) is 15.0 Å². The van der Waals surface area contributed by atoms with Gasteiger partial charge in [0.15, 0.2) is 13.0 Å². The fourth-order valence-electron chi connectivity index (χ4n) is 1.70. The third-order valence-electron chi connectivity index (χ3n) is 2.71. The zero-order chi connectivity index (χ0) is 18.3. The molecule has 12 heteroatoms. The maximum Gasteiger partial charge on any atom is 0.160 e. The van der Waals surface area contributed by atoms with Gasteiger partial charge < -0.3 is 0 Å². The van der Waals surface area contributed by atoms with E-state index in [1.54, 1.807) is 98.8 Å². The van der Waals surface area contributed by atoms with E-state index in [0.717, 1.165) is 13.0 Å². The molecule has 0 aliphatic rings. The fourth-order valence-corrected chi connectivity index (χ4v) is 10.6. The van der Waals surface area contributed by atoms with Gasteiger partial charge in [-0.05, 0) is 50.6 Å². The van der Waals surface area contributed by atoms with Crippen LogP contribution in [0.15, 0.2) is 80.6 Å². The first-order valence-electron chi connectivity index (χ1n) is 7.22. The van der Waals surface area contributed by atoms with Crippen molar-refractivity contribution < 1.29 is 0 Å². The molecule has 0 bridgehead atoms. The second-order valence-corrected chi connectivity index (χ2v) is 14.6. The molecule has 0 unspecified atom stereocenters. The van der Waals surface area contributed by atoms with Gasteiger partial charge in [-0.3, -0.25) is 0 Å². The number of hydrogen-bond acceptors (Lipinski definition) is 12. The number of hydrogen-bond donors (Lipinski definition) is 0. The summed E-state index contributed by atoms with van der Waals surface area (Å²) < 4.78 is 3.21. The second kappa shape index (κ2) is 10.8. The van der Waals surface area contributed by atoms with E-state index in [1.165, 1.54) is 14.7 Å². The Labute approximate surface area is 192 Å². The van der Waals surface area contributed by atoms with Crippen LogP contribution in [-0.4, -0.2) is 15.0 Å². The monoisotopic (exact) mass is 519 g/mol. The molecular formula is C15H9N3S9. The van der Waals surface area contributed by atoms with Crippen LogP contribution >= 0.6 is 98.8 Å². The molecule has 3 nitrogen and oxygen atoms in total. The van der Waals surface area contributed by atoms with Crippen LogP contribution < -0.4 is 0 Å². The molecule has 0 aliphatic heterocycles. The van der Waals surface area contributed by atoms with E-state index in [1.807, 2.05) is 34.7 Å². The number of nitrogens with zero attached hydrogens (tertiary/aromatic N) is 3. The van der Waals surface area contributed by atoms with Crippen molar-refractivity contribution in [2.24, 2.45) is 0 Å². The summed E-state index contributed by atoms with van der Waals surface area (Å²) in [4.78, 5) is 16.7. The van der Waals surface area contributed by atoms with Crippen molar-refractivity contribution in [2.75, 3.05) is 0 Å². The van der Waals surface area contributed by atoms with E-state index in [0.29, 0.717) is 0 Å². The molecule has 0 fully saturated rings. The maximum absolute atomic E-state index is 4.34. The van der Waals surface area contributed by atoms with Crippen LogP contribution in [0.2, 0.25) is 0 Å².